The van der Waals surface area contributed by atoms with E-state index in [9.17, 15) is 9.18 Å². The average Bonchev–Trinajstić information content (AvgIpc) is 2.54. The van der Waals surface area contributed by atoms with Gasteiger partial charge in [-0.3, -0.25) is 9.79 Å². The highest BCUT2D eigenvalue weighted by Gasteiger charge is 2.08. The van der Waals surface area contributed by atoms with Crippen molar-refractivity contribution in [3.05, 3.63) is 35.1 Å². The number of aryl methyl sites for hydroxylation is 1. The normalized spacial score (nSPS) is 12.1. The molecule has 6 nitrogen and oxygen atoms in total. The van der Waals surface area contributed by atoms with Gasteiger partial charge in [0.05, 0.1) is 13.2 Å². The Morgan fingerprint density at radius 3 is 2.68 bits per heavy atom. The SMILES string of the molecule is CCNC(=NCCNC(=O)c1ccc(C)c(F)c1)NC(C)COC.I. The molecule has 0 bridgehead atoms. The zero-order chi connectivity index (χ0) is 17.9. The number of hydrogen-bond donors (Lipinski definition) is 3. The number of methoxy groups -OCH3 is 1. The van der Waals surface area contributed by atoms with E-state index in [0.29, 0.717) is 36.8 Å². The van der Waals surface area contributed by atoms with Gasteiger partial charge in [-0.15, -0.1) is 24.0 Å². The molecule has 1 unspecified atom stereocenters. The lowest BCUT2D eigenvalue weighted by molar-refractivity contribution is 0.0954. The van der Waals surface area contributed by atoms with E-state index in [1.165, 1.54) is 6.07 Å². The molecule has 3 N–H and O–H groups in total. The molecule has 0 saturated carbocycles. The summed E-state index contributed by atoms with van der Waals surface area (Å²) in [6.07, 6.45) is 0. The van der Waals surface area contributed by atoms with Crippen molar-refractivity contribution in [3.8, 4) is 0 Å². The largest absolute Gasteiger partial charge is 0.383 e. The van der Waals surface area contributed by atoms with Crippen LogP contribution in [0.3, 0.4) is 0 Å². The maximum absolute atomic E-state index is 13.5. The van der Waals surface area contributed by atoms with Crippen LogP contribution in [0.1, 0.15) is 29.8 Å². The Balaban J connectivity index is 0.00000576. The Labute approximate surface area is 166 Å². The Kier molecular flexibility index (Phi) is 12.1. The number of hydrogen-bond acceptors (Lipinski definition) is 3. The van der Waals surface area contributed by atoms with Gasteiger partial charge in [0.1, 0.15) is 5.82 Å². The molecular formula is C17H28FIN4O2. The molecular weight excluding hydrogens is 438 g/mol. The van der Waals surface area contributed by atoms with Gasteiger partial charge in [0.15, 0.2) is 5.96 Å². The molecule has 0 aromatic heterocycles. The number of rotatable bonds is 8. The Morgan fingerprint density at radius 2 is 2.08 bits per heavy atom. The lowest BCUT2D eigenvalue weighted by Gasteiger charge is -2.17. The van der Waals surface area contributed by atoms with E-state index >= 15 is 0 Å². The number of guanidine groups is 1. The second-order valence-electron chi connectivity index (χ2n) is 5.48. The minimum atomic E-state index is -0.383. The van der Waals surface area contributed by atoms with Gasteiger partial charge in [-0.1, -0.05) is 6.07 Å². The van der Waals surface area contributed by atoms with E-state index in [1.807, 2.05) is 13.8 Å². The monoisotopic (exact) mass is 466 g/mol. The van der Waals surface area contributed by atoms with Crippen LogP contribution in [-0.4, -0.2) is 51.3 Å². The number of carbonyl (C=O) groups is 1. The number of aliphatic imine (C=N–C) groups is 1. The van der Waals surface area contributed by atoms with Gasteiger partial charge in [0.25, 0.3) is 5.91 Å². The third kappa shape index (κ3) is 9.01. The number of amides is 1. The predicted octanol–water partition coefficient (Wildman–Crippen LogP) is 2.07. The summed E-state index contributed by atoms with van der Waals surface area (Å²) in [5.41, 5.74) is 0.823. The van der Waals surface area contributed by atoms with Gasteiger partial charge in [-0.2, -0.15) is 0 Å². The van der Waals surface area contributed by atoms with Gasteiger partial charge in [0, 0.05) is 31.8 Å². The van der Waals surface area contributed by atoms with Gasteiger partial charge < -0.3 is 20.7 Å². The first-order chi connectivity index (χ1) is 11.5. The molecule has 0 saturated heterocycles. The van der Waals surface area contributed by atoms with Crippen LogP contribution >= 0.6 is 24.0 Å². The lowest BCUT2D eigenvalue weighted by atomic mass is 10.1. The fourth-order valence-corrected chi connectivity index (χ4v) is 2.02. The van der Waals surface area contributed by atoms with Gasteiger partial charge in [0.2, 0.25) is 0 Å². The molecule has 1 rings (SSSR count). The van der Waals surface area contributed by atoms with Gasteiger partial charge >= 0.3 is 0 Å². The zero-order valence-corrected chi connectivity index (χ0v) is 17.5. The van der Waals surface area contributed by atoms with E-state index in [1.54, 1.807) is 26.2 Å². The summed E-state index contributed by atoms with van der Waals surface area (Å²) in [5.74, 6) is -0.0288. The third-order valence-corrected chi connectivity index (χ3v) is 3.25. The summed E-state index contributed by atoms with van der Waals surface area (Å²) >= 11 is 0. The van der Waals surface area contributed by atoms with E-state index in [4.69, 9.17) is 4.74 Å². The smallest absolute Gasteiger partial charge is 0.251 e. The maximum atomic E-state index is 13.5. The highest BCUT2D eigenvalue weighted by molar-refractivity contribution is 14.0. The quantitative estimate of drug-likeness (QED) is 0.238. The molecule has 0 radical (unpaired) electrons. The number of carbonyl (C=O) groups excluding carboxylic acids is 1. The summed E-state index contributed by atoms with van der Waals surface area (Å²) in [6, 6.07) is 4.56. The molecule has 1 amide bonds. The van der Waals surface area contributed by atoms with Crippen molar-refractivity contribution in [2.75, 3.05) is 33.4 Å². The molecule has 0 fully saturated rings. The standard InChI is InChI=1S/C17H27FN4O2.HI/c1-5-19-17(22-13(3)11-24-4)21-9-8-20-16(23)14-7-6-12(2)15(18)10-14;/h6-7,10,13H,5,8-9,11H2,1-4H3,(H,20,23)(H2,19,21,22);1H. The third-order valence-electron chi connectivity index (χ3n) is 3.25. The molecule has 0 spiro atoms. The topological polar surface area (TPSA) is 74.8 Å². The van der Waals surface area contributed by atoms with Crippen LogP contribution in [0.4, 0.5) is 4.39 Å². The minimum absolute atomic E-state index is 0. The van der Waals surface area contributed by atoms with Gasteiger partial charge in [-0.05, 0) is 38.5 Å². The highest BCUT2D eigenvalue weighted by atomic mass is 127. The zero-order valence-electron chi connectivity index (χ0n) is 15.2. The second kappa shape index (κ2) is 12.9. The molecule has 142 valence electrons. The van der Waals surface area contributed by atoms with Crippen molar-refractivity contribution >= 4 is 35.8 Å². The maximum Gasteiger partial charge on any atom is 0.251 e. The Morgan fingerprint density at radius 1 is 1.36 bits per heavy atom. The van der Waals surface area contributed by atoms with Crippen molar-refractivity contribution in [1.82, 2.24) is 16.0 Å². The summed E-state index contributed by atoms with van der Waals surface area (Å²) < 4.78 is 18.5. The van der Waals surface area contributed by atoms with E-state index in [-0.39, 0.29) is 41.7 Å². The Bertz CT molecular complexity index is 570. The first-order valence-corrected chi connectivity index (χ1v) is 8.06. The van der Waals surface area contributed by atoms with Crippen molar-refractivity contribution in [2.45, 2.75) is 26.8 Å². The molecule has 0 heterocycles. The van der Waals surface area contributed by atoms with Gasteiger partial charge in [-0.25, -0.2) is 4.39 Å². The number of ether oxygens (including phenoxy) is 1. The second-order valence-corrected chi connectivity index (χ2v) is 5.48. The number of benzene rings is 1. The van der Waals surface area contributed by atoms with E-state index in [0.717, 1.165) is 6.54 Å². The molecule has 1 aromatic rings. The molecule has 0 aliphatic carbocycles. The van der Waals surface area contributed by atoms with Crippen LogP contribution in [0, 0.1) is 12.7 Å². The number of nitrogens with zero attached hydrogens (tertiary/aromatic N) is 1. The molecule has 0 aliphatic rings. The molecule has 25 heavy (non-hydrogen) atoms. The molecule has 1 atom stereocenters. The van der Waals surface area contributed by atoms with E-state index in [2.05, 4.69) is 20.9 Å². The first-order valence-electron chi connectivity index (χ1n) is 8.06. The predicted molar refractivity (Wildman–Crippen MR) is 109 cm³/mol. The Hall–Kier alpha value is -1.42. The molecule has 1 aromatic carbocycles. The van der Waals surface area contributed by atoms with Crippen LogP contribution < -0.4 is 16.0 Å². The fourth-order valence-electron chi connectivity index (χ4n) is 2.02. The summed E-state index contributed by atoms with van der Waals surface area (Å²) in [5, 5.41) is 9.06. The van der Waals surface area contributed by atoms with Crippen molar-refractivity contribution in [1.29, 1.82) is 0 Å². The first kappa shape index (κ1) is 23.6. The van der Waals surface area contributed by atoms with E-state index < -0.39 is 0 Å². The number of nitrogens with one attached hydrogen (secondary N) is 3. The molecule has 0 aliphatic heterocycles. The summed E-state index contributed by atoms with van der Waals surface area (Å²) in [6.45, 7) is 7.71. The average molecular weight is 466 g/mol. The molecule has 8 heteroatoms. The van der Waals surface area contributed by atoms with Crippen LogP contribution in [-0.2, 0) is 4.74 Å². The summed E-state index contributed by atoms with van der Waals surface area (Å²) in [7, 11) is 1.64. The van der Waals surface area contributed by atoms with Crippen molar-refractivity contribution < 1.29 is 13.9 Å². The minimum Gasteiger partial charge on any atom is -0.383 e. The van der Waals surface area contributed by atoms with Crippen LogP contribution in [0.15, 0.2) is 23.2 Å². The van der Waals surface area contributed by atoms with Crippen molar-refractivity contribution in [3.63, 3.8) is 0 Å². The number of halogens is 2. The van der Waals surface area contributed by atoms with Crippen molar-refractivity contribution in [2.24, 2.45) is 4.99 Å². The van der Waals surface area contributed by atoms with Crippen LogP contribution in [0.25, 0.3) is 0 Å². The van der Waals surface area contributed by atoms with Crippen LogP contribution in [0.2, 0.25) is 0 Å². The lowest BCUT2D eigenvalue weighted by Crippen LogP contribution is -2.44. The summed E-state index contributed by atoms with van der Waals surface area (Å²) in [4.78, 5) is 16.4. The highest BCUT2D eigenvalue weighted by Crippen LogP contribution is 2.08. The fraction of sp³-hybridized carbons (Fsp3) is 0.529. The van der Waals surface area contributed by atoms with Crippen LogP contribution in [0.5, 0.6) is 0 Å².